The molecule has 0 bridgehead atoms. The van der Waals surface area contributed by atoms with E-state index in [2.05, 4.69) is 10.1 Å². The zero-order chi connectivity index (χ0) is 12.3. The van der Waals surface area contributed by atoms with Crippen molar-refractivity contribution >= 4 is 5.97 Å². The molecule has 0 aromatic carbocycles. The zero-order valence-electron chi connectivity index (χ0n) is 9.50. The van der Waals surface area contributed by atoms with Crippen molar-refractivity contribution in [2.75, 3.05) is 0 Å². The van der Waals surface area contributed by atoms with Gasteiger partial charge >= 0.3 is 5.97 Å². The molecule has 0 saturated carbocycles. The van der Waals surface area contributed by atoms with E-state index in [0.717, 1.165) is 12.1 Å². The molecule has 0 aliphatic rings. The second-order valence-electron chi connectivity index (χ2n) is 3.70. The maximum atomic E-state index is 11.1. The third-order valence-electron chi connectivity index (χ3n) is 2.42. The molecule has 2 heterocycles. The van der Waals surface area contributed by atoms with E-state index in [4.69, 9.17) is 5.11 Å². The van der Waals surface area contributed by atoms with Crippen molar-refractivity contribution in [1.82, 2.24) is 14.8 Å². The molecule has 88 valence electrons. The Morgan fingerprint density at radius 2 is 2.35 bits per heavy atom. The number of carbonyl (C=O) groups is 1. The van der Waals surface area contributed by atoms with Gasteiger partial charge < -0.3 is 5.11 Å². The third kappa shape index (κ3) is 2.33. The molecule has 17 heavy (non-hydrogen) atoms. The zero-order valence-corrected chi connectivity index (χ0v) is 9.50. The lowest BCUT2D eigenvalue weighted by Crippen LogP contribution is -1.99. The van der Waals surface area contributed by atoms with Crippen LogP contribution in [-0.4, -0.2) is 25.8 Å². The van der Waals surface area contributed by atoms with Crippen LogP contribution in [0.5, 0.6) is 0 Å². The predicted molar refractivity (Wildman–Crippen MR) is 62.3 cm³/mol. The summed E-state index contributed by atoms with van der Waals surface area (Å²) in [5, 5.41) is 13.4. The molecule has 1 N–H and O–H groups in total. The van der Waals surface area contributed by atoms with E-state index in [1.54, 1.807) is 23.1 Å². The van der Waals surface area contributed by atoms with Gasteiger partial charge in [0.15, 0.2) is 0 Å². The highest BCUT2D eigenvalue weighted by molar-refractivity contribution is 5.88. The average Bonchev–Trinajstić information content (AvgIpc) is 2.75. The molecule has 0 aliphatic carbocycles. The van der Waals surface area contributed by atoms with Crippen LogP contribution >= 0.6 is 0 Å². The molecular weight excluding hydrogens is 218 g/mol. The summed E-state index contributed by atoms with van der Waals surface area (Å²) in [5.41, 5.74) is 1.64. The first-order valence-electron chi connectivity index (χ1n) is 5.44. The smallest absolute Gasteiger partial charge is 0.339 e. The van der Waals surface area contributed by atoms with Gasteiger partial charge in [-0.2, -0.15) is 5.10 Å². The van der Waals surface area contributed by atoms with Crippen LogP contribution in [0.3, 0.4) is 0 Å². The van der Waals surface area contributed by atoms with Crippen molar-refractivity contribution in [2.45, 2.75) is 19.8 Å². The number of carboxylic acid groups (broad SMARTS) is 1. The summed E-state index contributed by atoms with van der Waals surface area (Å²) < 4.78 is 1.56. The molecule has 0 amide bonds. The minimum absolute atomic E-state index is 0.260. The Morgan fingerprint density at radius 3 is 2.94 bits per heavy atom. The lowest BCUT2D eigenvalue weighted by molar-refractivity contribution is 0.0695. The molecule has 0 spiro atoms. The van der Waals surface area contributed by atoms with E-state index in [9.17, 15) is 4.79 Å². The number of aryl methyl sites for hydroxylation is 1. The lowest BCUT2D eigenvalue weighted by atomic mass is 10.2. The first-order valence-corrected chi connectivity index (χ1v) is 5.44. The number of hydrogen-bond acceptors (Lipinski definition) is 3. The first kappa shape index (κ1) is 11.3. The molecule has 0 aliphatic heterocycles. The molecular formula is C12H13N3O2. The standard InChI is InChI=1S/C12H13N3O2/c1-2-4-11-10(12(16)17)8-15(14-11)9-5-3-6-13-7-9/h3,5-8H,2,4H2,1H3,(H,16,17). The van der Waals surface area contributed by atoms with E-state index in [1.807, 2.05) is 13.0 Å². The number of nitrogens with zero attached hydrogens (tertiary/aromatic N) is 3. The van der Waals surface area contributed by atoms with Crippen LogP contribution in [0.2, 0.25) is 0 Å². The van der Waals surface area contributed by atoms with Crippen molar-refractivity contribution < 1.29 is 9.90 Å². The van der Waals surface area contributed by atoms with Crippen LogP contribution < -0.4 is 0 Å². The normalized spacial score (nSPS) is 10.4. The van der Waals surface area contributed by atoms with Gasteiger partial charge in [0.05, 0.1) is 17.6 Å². The molecule has 5 heteroatoms. The highest BCUT2D eigenvalue weighted by Crippen LogP contribution is 2.13. The van der Waals surface area contributed by atoms with E-state index in [0.29, 0.717) is 12.1 Å². The van der Waals surface area contributed by atoms with Crippen LogP contribution in [0.1, 0.15) is 29.4 Å². The second kappa shape index (κ2) is 4.78. The molecule has 0 saturated heterocycles. The molecule has 0 fully saturated rings. The van der Waals surface area contributed by atoms with Crippen LogP contribution in [0.4, 0.5) is 0 Å². The van der Waals surface area contributed by atoms with Crippen molar-refractivity contribution in [2.24, 2.45) is 0 Å². The van der Waals surface area contributed by atoms with Gasteiger partial charge in [-0.1, -0.05) is 13.3 Å². The average molecular weight is 231 g/mol. The Bertz CT molecular complexity index is 520. The number of aromatic carboxylic acids is 1. The third-order valence-corrected chi connectivity index (χ3v) is 2.42. The minimum Gasteiger partial charge on any atom is -0.478 e. The predicted octanol–water partition coefficient (Wildman–Crippen LogP) is 1.92. The van der Waals surface area contributed by atoms with Gasteiger partial charge in [-0.3, -0.25) is 4.98 Å². The maximum Gasteiger partial charge on any atom is 0.339 e. The summed E-state index contributed by atoms with van der Waals surface area (Å²) in [4.78, 5) is 15.1. The molecule has 2 aromatic heterocycles. The fourth-order valence-corrected chi connectivity index (χ4v) is 1.63. The minimum atomic E-state index is -0.941. The van der Waals surface area contributed by atoms with Gasteiger partial charge in [0, 0.05) is 12.4 Å². The fourth-order valence-electron chi connectivity index (χ4n) is 1.63. The second-order valence-corrected chi connectivity index (χ2v) is 3.70. The van der Waals surface area contributed by atoms with Gasteiger partial charge in [0.25, 0.3) is 0 Å². The van der Waals surface area contributed by atoms with Crippen LogP contribution in [0.25, 0.3) is 5.69 Å². The van der Waals surface area contributed by atoms with Gasteiger partial charge in [-0.15, -0.1) is 0 Å². The number of pyridine rings is 1. The maximum absolute atomic E-state index is 11.1. The lowest BCUT2D eigenvalue weighted by Gasteiger charge is -1.98. The topological polar surface area (TPSA) is 68.0 Å². The SMILES string of the molecule is CCCc1nn(-c2cccnc2)cc1C(=O)O. The quantitative estimate of drug-likeness (QED) is 0.872. The highest BCUT2D eigenvalue weighted by Gasteiger charge is 2.15. The van der Waals surface area contributed by atoms with Gasteiger partial charge in [0.2, 0.25) is 0 Å². The van der Waals surface area contributed by atoms with Gasteiger partial charge in [0.1, 0.15) is 5.56 Å². The molecule has 0 atom stereocenters. The molecule has 0 unspecified atom stereocenters. The summed E-state index contributed by atoms with van der Waals surface area (Å²) in [6.45, 7) is 1.99. The Hall–Kier alpha value is -2.17. The first-order chi connectivity index (χ1) is 8.22. The molecule has 0 radical (unpaired) electrons. The number of carboxylic acids is 1. The Kier molecular flexibility index (Phi) is 3.18. The number of hydrogen-bond donors (Lipinski definition) is 1. The number of aromatic nitrogens is 3. The molecule has 2 aromatic rings. The summed E-state index contributed by atoms with van der Waals surface area (Å²) >= 11 is 0. The summed E-state index contributed by atoms with van der Waals surface area (Å²) in [5.74, 6) is -0.941. The van der Waals surface area contributed by atoms with Crippen molar-refractivity contribution in [3.05, 3.63) is 42.0 Å². The van der Waals surface area contributed by atoms with Crippen molar-refractivity contribution in [3.63, 3.8) is 0 Å². The Morgan fingerprint density at radius 1 is 1.53 bits per heavy atom. The van der Waals surface area contributed by atoms with Crippen LogP contribution in [0, 0.1) is 0 Å². The largest absolute Gasteiger partial charge is 0.478 e. The van der Waals surface area contributed by atoms with E-state index < -0.39 is 5.97 Å². The molecule has 5 nitrogen and oxygen atoms in total. The van der Waals surface area contributed by atoms with Crippen molar-refractivity contribution in [3.8, 4) is 5.69 Å². The molecule has 2 rings (SSSR count). The van der Waals surface area contributed by atoms with E-state index in [1.165, 1.54) is 6.20 Å². The highest BCUT2D eigenvalue weighted by atomic mass is 16.4. The van der Waals surface area contributed by atoms with Crippen LogP contribution in [-0.2, 0) is 6.42 Å². The Balaban J connectivity index is 2.44. The van der Waals surface area contributed by atoms with E-state index in [-0.39, 0.29) is 5.56 Å². The number of rotatable bonds is 4. The summed E-state index contributed by atoms with van der Waals surface area (Å²) in [7, 11) is 0. The van der Waals surface area contributed by atoms with Crippen molar-refractivity contribution in [1.29, 1.82) is 0 Å². The monoisotopic (exact) mass is 231 g/mol. The fraction of sp³-hybridized carbons (Fsp3) is 0.250. The Labute approximate surface area is 98.7 Å². The van der Waals surface area contributed by atoms with E-state index >= 15 is 0 Å². The van der Waals surface area contributed by atoms with Crippen LogP contribution in [0.15, 0.2) is 30.7 Å². The van der Waals surface area contributed by atoms with Gasteiger partial charge in [-0.25, -0.2) is 9.48 Å². The van der Waals surface area contributed by atoms with Gasteiger partial charge in [-0.05, 0) is 18.6 Å². The summed E-state index contributed by atoms with van der Waals surface area (Å²) in [6.07, 6.45) is 6.37. The summed E-state index contributed by atoms with van der Waals surface area (Å²) in [6, 6.07) is 3.62.